The molecule has 6 heteroatoms. The molecule has 0 heterocycles. The van der Waals surface area contributed by atoms with Gasteiger partial charge in [-0.3, -0.25) is 0 Å². The summed E-state index contributed by atoms with van der Waals surface area (Å²) in [4.78, 5) is 0. The summed E-state index contributed by atoms with van der Waals surface area (Å²) in [5.74, 6) is 0. The molecule has 0 aliphatic rings. The van der Waals surface area contributed by atoms with E-state index in [0.717, 1.165) is 0 Å². The molecule has 0 saturated heterocycles. The fourth-order valence-electron chi connectivity index (χ4n) is 0.831. The Morgan fingerprint density at radius 2 is 1.27 bits per heavy atom. The van der Waals surface area contributed by atoms with E-state index in [1.54, 1.807) is 0 Å². The van der Waals surface area contributed by atoms with Crippen molar-refractivity contribution < 1.29 is 17.8 Å². The summed E-state index contributed by atoms with van der Waals surface area (Å²) in [6.07, 6.45) is 0.0272. The predicted octanol–water partition coefficient (Wildman–Crippen LogP) is 1.91. The van der Waals surface area contributed by atoms with Crippen molar-refractivity contribution in [3.63, 3.8) is 0 Å². The van der Waals surface area contributed by atoms with E-state index < -0.39 is 0 Å². The molecule has 4 nitrogen and oxygen atoms in total. The average molecular weight is 256 g/mol. The second-order valence-electron chi connectivity index (χ2n) is 3.50. The van der Waals surface area contributed by atoms with Gasteiger partial charge < -0.3 is 17.8 Å². The first kappa shape index (κ1) is 15.5. The fraction of sp³-hybridized carbons (Fsp3) is 1.00. The van der Waals surface area contributed by atoms with Gasteiger partial charge in [0.1, 0.15) is 0 Å². The molecule has 3 atom stereocenters. The number of rotatable bonds is 9. The van der Waals surface area contributed by atoms with Crippen molar-refractivity contribution in [1.29, 1.82) is 0 Å². The van der Waals surface area contributed by atoms with Gasteiger partial charge in [-0.05, 0) is 46.6 Å². The highest BCUT2D eigenvalue weighted by Gasteiger charge is 2.08. The number of hydrogen-bond acceptors (Lipinski definition) is 6. The maximum atomic E-state index is 5.46. The van der Waals surface area contributed by atoms with Crippen LogP contribution in [0.2, 0.25) is 0 Å². The summed E-state index contributed by atoms with van der Waals surface area (Å²) in [7, 11) is 0. The third-order valence-electron chi connectivity index (χ3n) is 1.72. The summed E-state index contributed by atoms with van der Waals surface area (Å²) in [6, 6.07) is 0. The van der Waals surface area contributed by atoms with Crippen LogP contribution in [-0.4, -0.2) is 38.1 Å². The Bertz CT molecular complexity index is 148. The Balaban J connectivity index is 3.44. The third kappa shape index (κ3) is 9.47. The van der Waals surface area contributed by atoms with Crippen molar-refractivity contribution in [2.45, 2.75) is 39.1 Å². The van der Waals surface area contributed by atoms with Crippen LogP contribution in [0.3, 0.4) is 0 Å². The summed E-state index contributed by atoms with van der Waals surface area (Å²) in [6.45, 7) is 7.24. The molecular formula is C9H20O4S2. The van der Waals surface area contributed by atoms with Gasteiger partial charge in [0, 0.05) is 0 Å². The Morgan fingerprint density at radius 1 is 0.800 bits per heavy atom. The van der Waals surface area contributed by atoms with Gasteiger partial charge in [0.2, 0.25) is 0 Å². The van der Waals surface area contributed by atoms with Crippen LogP contribution in [0, 0.1) is 0 Å². The van der Waals surface area contributed by atoms with Crippen molar-refractivity contribution in [2.75, 3.05) is 19.8 Å². The van der Waals surface area contributed by atoms with Crippen molar-refractivity contribution in [3.05, 3.63) is 0 Å². The maximum Gasteiger partial charge on any atom is 0.0924 e. The van der Waals surface area contributed by atoms with Gasteiger partial charge in [-0.2, -0.15) is 0 Å². The van der Waals surface area contributed by atoms with E-state index in [2.05, 4.69) is 30.0 Å². The summed E-state index contributed by atoms with van der Waals surface area (Å²) < 4.78 is 20.3. The largest absolute Gasteiger partial charge is 0.373 e. The predicted molar refractivity (Wildman–Crippen MR) is 65.3 cm³/mol. The van der Waals surface area contributed by atoms with E-state index in [1.807, 2.05) is 20.8 Å². The zero-order valence-corrected chi connectivity index (χ0v) is 11.2. The molecule has 0 aliphatic heterocycles. The molecule has 0 aliphatic carbocycles. The van der Waals surface area contributed by atoms with Crippen LogP contribution in [0.4, 0.5) is 0 Å². The van der Waals surface area contributed by atoms with Crippen LogP contribution in [0.5, 0.6) is 0 Å². The molecule has 0 spiro atoms. The lowest BCUT2D eigenvalue weighted by molar-refractivity contribution is -0.0535. The maximum absolute atomic E-state index is 5.46. The van der Waals surface area contributed by atoms with Crippen LogP contribution in [0.1, 0.15) is 20.8 Å². The second kappa shape index (κ2) is 9.74. The van der Waals surface area contributed by atoms with E-state index in [9.17, 15) is 0 Å². The lowest BCUT2D eigenvalue weighted by Gasteiger charge is -2.18. The lowest BCUT2D eigenvalue weighted by Crippen LogP contribution is -2.25. The molecule has 92 valence electrons. The van der Waals surface area contributed by atoms with Gasteiger partial charge in [-0.1, -0.05) is 0 Å². The summed E-state index contributed by atoms with van der Waals surface area (Å²) in [5.41, 5.74) is 0. The molecule has 15 heavy (non-hydrogen) atoms. The number of thiol groups is 2. The topological polar surface area (TPSA) is 36.9 Å². The number of ether oxygens (including phenoxy) is 2. The van der Waals surface area contributed by atoms with Crippen LogP contribution in [-0.2, 0) is 17.8 Å². The zero-order chi connectivity index (χ0) is 11.7. The molecular weight excluding hydrogens is 236 g/mol. The van der Waals surface area contributed by atoms with Gasteiger partial charge >= 0.3 is 0 Å². The number of hydrogen-bond donors (Lipinski definition) is 2. The van der Waals surface area contributed by atoms with Gasteiger partial charge in [-0.25, -0.2) is 0 Å². The van der Waals surface area contributed by atoms with E-state index in [4.69, 9.17) is 13.7 Å². The minimum atomic E-state index is -0.0195. The standard InChI is InChI=1S/C9H20O4S2/c1-7(11-5-9(3)13-15)4-10-8(2)6-12-14/h7-9,14-15H,4-6H2,1-3H3. The average Bonchev–Trinajstić information content (AvgIpc) is 2.23. The van der Waals surface area contributed by atoms with Crippen LogP contribution in [0.15, 0.2) is 0 Å². The molecule has 0 saturated carbocycles. The van der Waals surface area contributed by atoms with Crippen molar-refractivity contribution >= 4 is 25.8 Å². The molecule has 0 rings (SSSR count). The van der Waals surface area contributed by atoms with Crippen LogP contribution in [0.25, 0.3) is 0 Å². The molecule has 3 unspecified atom stereocenters. The van der Waals surface area contributed by atoms with Gasteiger partial charge in [0.15, 0.2) is 0 Å². The van der Waals surface area contributed by atoms with E-state index >= 15 is 0 Å². The molecule has 0 radical (unpaired) electrons. The molecule has 0 amide bonds. The third-order valence-corrected chi connectivity index (χ3v) is 2.23. The Hall–Kier alpha value is 0.540. The SMILES string of the molecule is CC(COC(C)COC(C)COS)OS. The van der Waals surface area contributed by atoms with Crippen molar-refractivity contribution in [1.82, 2.24) is 0 Å². The zero-order valence-electron chi connectivity index (χ0n) is 9.38. The molecule has 0 N–H and O–H groups in total. The van der Waals surface area contributed by atoms with E-state index in [-0.39, 0.29) is 18.3 Å². The lowest BCUT2D eigenvalue weighted by atomic mass is 10.4. The second-order valence-corrected chi connectivity index (χ2v) is 3.97. The van der Waals surface area contributed by atoms with Gasteiger partial charge in [0.05, 0.1) is 38.1 Å². The smallest absolute Gasteiger partial charge is 0.0924 e. The minimum absolute atomic E-state index is 0.0195. The molecule has 0 aromatic heterocycles. The minimum Gasteiger partial charge on any atom is -0.373 e. The Kier molecular flexibility index (Phi) is 10.1. The molecule has 0 fully saturated rings. The molecule has 0 aromatic carbocycles. The molecule has 0 aromatic rings. The van der Waals surface area contributed by atoms with Gasteiger partial charge in [0.25, 0.3) is 0 Å². The van der Waals surface area contributed by atoms with Crippen molar-refractivity contribution in [3.8, 4) is 0 Å². The van der Waals surface area contributed by atoms with Crippen LogP contribution < -0.4 is 0 Å². The Labute approximate surface area is 103 Å². The summed E-state index contributed by atoms with van der Waals surface area (Å²) >= 11 is 7.34. The Morgan fingerprint density at radius 3 is 1.73 bits per heavy atom. The summed E-state index contributed by atoms with van der Waals surface area (Å²) in [5, 5.41) is 0. The van der Waals surface area contributed by atoms with Crippen molar-refractivity contribution in [2.24, 2.45) is 0 Å². The quantitative estimate of drug-likeness (QED) is 0.488. The highest BCUT2D eigenvalue weighted by atomic mass is 32.1. The monoisotopic (exact) mass is 256 g/mol. The highest BCUT2D eigenvalue weighted by molar-refractivity contribution is 7.75. The van der Waals surface area contributed by atoms with Gasteiger partial charge in [-0.15, -0.1) is 0 Å². The first-order valence-corrected chi connectivity index (χ1v) is 5.63. The highest BCUT2D eigenvalue weighted by Crippen LogP contribution is 2.01. The van der Waals surface area contributed by atoms with E-state index in [0.29, 0.717) is 19.8 Å². The fourth-order valence-corrected chi connectivity index (χ4v) is 1.10. The normalized spacial score (nSPS) is 17.4. The first-order chi connectivity index (χ1) is 7.10. The first-order valence-electron chi connectivity index (χ1n) is 4.90. The van der Waals surface area contributed by atoms with E-state index in [1.165, 1.54) is 0 Å². The molecule has 0 bridgehead atoms. The van der Waals surface area contributed by atoms with Crippen LogP contribution >= 0.6 is 25.8 Å².